The van der Waals surface area contributed by atoms with Crippen molar-refractivity contribution in [2.75, 3.05) is 12.4 Å². The number of rotatable bonds is 1. The van der Waals surface area contributed by atoms with E-state index in [-0.39, 0.29) is 11.7 Å². The van der Waals surface area contributed by atoms with Crippen molar-refractivity contribution in [2.45, 2.75) is 0 Å². The smallest absolute Gasteiger partial charge is 0.413 e. The topological polar surface area (TPSA) is 84.3 Å². The first kappa shape index (κ1) is 8.25. The first-order valence-corrected chi connectivity index (χ1v) is 3.08. The molecule has 1 rings (SSSR count). The minimum absolute atomic E-state index is 0.0644. The van der Waals surface area contributed by atoms with E-state index >= 15 is 0 Å². The second-order valence-electron chi connectivity index (χ2n) is 1.88. The monoisotopic (exact) mass is 169 g/mol. The highest BCUT2D eigenvalue weighted by Crippen LogP contribution is 2.04. The zero-order chi connectivity index (χ0) is 8.97. The largest absolute Gasteiger partial charge is 0.505 e. The molecule has 0 bridgehead atoms. The second kappa shape index (κ2) is 3.51. The van der Waals surface area contributed by atoms with Gasteiger partial charge in [0.25, 0.3) is 0 Å². The Morgan fingerprint density at radius 2 is 2.17 bits per heavy atom. The Morgan fingerprint density at radius 3 is 2.67 bits per heavy atom. The summed E-state index contributed by atoms with van der Waals surface area (Å²) in [6.45, 7) is 0. The summed E-state index contributed by atoms with van der Waals surface area (Å²) in [5, 5.41) is 11.0. The number of amides is 1. The Balaban J connectivity index is 2.64. The molecule has 0 radical (unpaired) electrons. The van der Waals surface area contributed by atoms with E-state index < -0.39 is 6.09 Å². The zero-order valence-electron chi connectivity index (χ0n) is 6.31. The van der Waals surface area contributed by atoms with Crippen LogP contribution in [0.1, 0.15) is 0 Å². The Bertz CT molecular complexity index is 272. The molecular formula is C6H7N3O3. The van der Waals surface area contributed by atoms with Crippen molar-refractivity contribution in [3.8, 4) is 5.75 Å². The lowest BCUT2D eigenvalue weighted by atomic mass is 10.6. The van der Waals surface area contributed by atoms with Gasteiger partial charge in [-0.1, -0.05) is 0 Å². The van der Waals surface area contributed by atoms with E-state index in [1.54, 1.807) is 0 Å². The molecule has 1 heterocycles. The number of anilines is 1. The van der Waals surface area contributed by atoms with Crippen molar-refractivity contribution in [3.63, 3.8) is 0 Å². The van der Waals surface area contributed by atoms with Crippen LogP contribution in [0.3, 0.4) is 0 Å². The lowest BCUT2D eigenvalue weighted by Gasteiger charge is -1.99. The van der Waals surface area contributed by atoms with Crippen LogP contribution in [0.25, 0.3) is 0 Å². The summed E-state index contributed by atoms with van der Waals surface area (Å²) in [6, 6.07) is 0. The number of carbonyl (C=O) groups is 1. The third kappa shape index (κ3) is 2.08. The maximum atomic E-state index is 10.6. The Labute approximate surface area is 68.2 Å². The minimum atomic E-state index is -0.652. The van der Waals surface area contributed by atoms with Crippen molar-refractivity contribution in [3.05, 3.63) is 12.4 Å². The molecular weight excluding hydrogens is 162 g/mol. The number of nitrogens with zero attached hydrogens (tertiary/aromatic N) is 2. The van der Waals surface area contributed by atoms with Crippen molar-refractivity contribution in [2.24, 2.45) is 0 Å². The van der Waals surface area contributed by atoms with Gasteiger partial charge in [-0.05, 0) is 0 Å². The molecule has 2 N–H and O–H groups in total. The van der Waals surface area contributed by atoms with Crippen molar-refractivity contribution < 1.29 is 14.6 Å². The fraction of sp³-hybridized carbons (Fsp3) is 0.167. The van der Waals surface area contributed by atoms with E-state index in [0.29, 0.717) is 0 Å². The first-order chi connectivity index (χ1) is 5.72. The molecule has 0 aliphatic carbocycles. The first-order valence-electron chi connectivity index (χ1n) is 3.08. The molecule has 0 saturated heterocycles. The molecule has 0 aromatic carbocycles. The summed E-state index contributed by atoms with van der Waals surface area (Å²) in [4.78, 5) is 17.8. The minimum Gasteiger partial charge on any atom is -0.505 e. The van der Waals surface area contributed by atoms with Gasteiger partial charge in [0, 0.05) is 0 Å². The lowest BCUT2D eigenvalue weighted by molar-refractivity contribution is 0.186. The van der Waals surface area contributed by atoms with Crippen LogP contribution in [0.5, 0.6) is 5.75 Å². The average molecular weight is 169 g/mol. The molecule has 1 aromatic rings. The van der Waals surface area contributed by atoms with Gasteiger partial charge >= 0.3 is 6.09 Å². The number of aromatic nitrogens is 2. The third-order valence-corrected chi connectivity index (χ3v) is 1.04. The fourth-order valence-electron chi connectivity index (χ4n) is 0.528. The van der Waals surface area contributed by atoms with Crippen LogP contribution in [0.4, 0.5) is 10.7 Å². The predicted octanol–water partition coefficient (Wildman–Crippen LogP) is 0.360. The number of carbonyl (C=O) groups excluding carboxylic acids is 1. The molecule has 0 fully saturated rings. The van der Waals surface area contributed by atoms with E-state index in [2.05, 4.69) is 20.0 Å². The highest BCUT2D eigenvalue weighted by Gasteiger charge is 2.01. The SMILES string of the molecule is COC(=O)Nc1ncc(O)cn1. The van der Waals surface area contributed by atoms with E-state index in [1.165, 1.54) is 7.11 Å². The van der Waals surface area contributed by atoms with Crippen LogP contribution < -0.4 is 5.32 Å². The number of aromatic hydroxyl groups is 1. The van der Waals surface area contributed by atoms with Crippen molar-refractivity contribution in [1.29, 1.82) is 0 Å². The predicted molar refractivity (Wildman–Crippen MR) is 39.7 cm³/mol. The van der Waals surface area contributed by atoms with Gasteiger partial charge in [-0.25, -0.2) is 14.8 Å². The molecule has 12 heavy (non-hydrogen) atoms. The third-order valence-electron chi connectivity index (χ3n) is 1.04. The van der Waals surface area contributed by atoms with Crippen LogP contribution in [0.2, 0.25) is 0 Å². The van der Waals surface area contributed by atoms with E-state index in [9.17, 15) is 4.79 Å². The van der Waals surface area contributed by atoms with E-state index in [4.69, 9.17) is 5.11 Å². The molecule has 1 aromatic heterocycles. The van der Waals surface area contributed by atoms with Crippen LogP contribution in [0.15, 0.2) is 12.4 Å². The molecule has 64 valence electrons. The molecule has 0 spiro atoms. The van der Waals surface area contributed by atoms with E-state index in [0.717, 1.165) is 12.4 Å². The molecule has 0 aliphatic rings. The number of ether oxygens (including phenoxy) is 1. The van der Waals surface area contributed by atoms with Gasteiger partial charge in [-0.2, -0.15) is 0 Å². The zero-order valence-corrected chi connectivity index (χ0v) is 6.31. The van der Waals surface area contributed by atoms with Crippen molar-refractivity contribution in [1.82, 2.24) is 9.97 Å². The highest BCUT2D eigenvalue weighted by molar-refractivity contribution is 5.81. The maximum absolute atomic E-state index is 10.6. The number of nitrogens with one attached hydrogen (secondary N) is 1. The van der Waals surface area contributed by atoms with E-state index in [1.807, 2.05) is 0 Å². The number of methoxy groups -OCH3 is 1. The van der Waals surface area contributed by atoms with Gasteiger partial charge in [0.15, 0.2) is 5.75 Å². The Kier molecular flexibility index (Phi) is 2.42. The number of hydrogen-bond donors (Lipinski definition) is 2. The fourth-order valence-corrected chi connectivity index (χ4v) is 0.528. The van der Waals surface area contributed by atoms with Gasteiger partial charge in [0.2, 0.25) is 5.95 Å². The van der Waals surface area contributed by atoms with Gasteiger partial charge in [-0.15, -0.1) is 0 Å². The van der Waals surface area contributed by atoms with Crippen LogP contribution in [-0.2, 0) is 4.74 Å². The van der Waals surface area contributed by atoms with Gasteiger partial charge < -0.3 is 9.84 Å². The summed E-state index contributed by atoms with van der Waals surface area (Å²) in [6.07, 6.45) is 1.68. The van der Waals surface area contributed by atoms with Crippen LogP contribution in [0, 0.1) is 0 Å². The molecule has 0 unspecified atom stereocenters. The standard InChI is InChI=1S/C6H7N3O3/c1-12-6(11)9-5-7-2-4(10)3-8-5/h2-3,10H,1H3,(H,7,8,9,11). The second-order valence-corrected chi connectivity index (χ2v) is 1.88. The molecule has 1 amide bonds. The summed E-state index contributed by atoms with van der Waals surface area (Å²) in [5.74, 6) is 0.0186. The molecule has 6 heteroatoms. The highest BCUT2D eigenvalue weighted by atomic mass is 16.5. The van der Waals surface area contributed by atoms with Crippen LogP contribution >= 0.6 is 0 Å². The van der Waals surface area contributed by atoms with Crippen molar-refractivity contribution >= 4 is 12.0 Å². The molecule has 0 atom stereocenters. The van der Waals surface area contributed by atoms with Gasteiger partial charge in [-0.3, -0.25) is 5.32 Å². The Morgan fingerprint density at radius 1 is 1.58 bits per heavy atom. The quantitative estimate of drug-likeness (QED) is 0.634. The molecule has 6 nitrogen and oxygen atoms in total. The maximum Gasteiger partial charge on any atom is 0.413 e. The average Bonchev–Trinajstić information content (AvgIpc) is 2.09. The van der Waals surface area contributed by atoms with Gasteiger partial charge in [0.1, 0.15) is 0 Å². The van der Waals surface area contributed by atoms with Gasteiger partial charge in [0.05, 0.1) is 19.5 Å². The summed E-state index contributed by atoms with van der Waals surface area (Å²) in [7, 11) is 1.23. The Hall–Kier alpha value is -1.85. The summed E-state index contributed by atoms with van der Waals surface area (Å²) < 4.78 is 4.29. The lowest BCUT2D eigenvalue weighted by Crippen LogP contribution is -2.12. The normalized spacial score (nSPS) is 9.08. The summed E-state index contributed by atoms with van der Waals surface area (Å²) >= 11 is 0. The molecule has 0 saturated carbocycles. The molecule has 0 aliphatic heterocycles. The number of hydrogen-bond acceptors (Lipinski definition) is 5. The van der Waals surface area contributed by atoms with Crippen LogP contribution in [-0.4, -0.2) is 28.3 Å². The summed E-state index contributed by atoms with van der Waals surface area (Å²) in [5.41, 5.74) is 0.